The van der Waals surface area contributed by atoms with Gasteiger partial charge < -0.3 is 20.1 Å². The molecule has 3 N–H and O–H groups in total. The second-order valence-corrected chi connectivity index (χ2v) is 18.5. The summed E-state index contributed by atoms with van der Waals surface area (Å²) >= 11 is 0. The van der Waals surface area contributed by atoms with E-state index in [0.717, 1.165) is 44.9 Å². The molecule has 0 aromatic carbocycles. The van der Waals surface area contributed by atoms with Gasteiger partial charge in [-0.2, -0.15) is 0 Å². The molecule has 0 aromatic rings. The molecule has 60 heavy (non-hydrogen) atoms. The van der Waals surface area contributed by atoms with E-state index in [9.17, 15) is 19.0 Å². The van der Waals surface area contributed by atoms with Crippen LogP contribution in [0.5, 0.6) is 0 Å². The Morgan fingerprint density at radius 3 is 1.27 bits per heavy atom. The monoisotopic (exact) mass is 870 g/mol. The molecular weight excluding hydrogens is 774 g/mol. The minimum absolute atomic E-state index is 0.0556. The number of carbonyl (C=O) groups is 2. The number of phosphoric acid groups is 1. The molecule has 0 aliphatic heterocycles. The summed E-state index contributed by atoms with van der Waals surface area (Å²) in [6.07, 6.45) is 52.2. The zero-order valence-electron chi connectivity index (χ0n) is 39.2. The summed E-state index contributed by atoms with van der Waals surface area (Å²) in [5.41, 5.74) is 5.36. The molecule has 0 heterocycles. The van der Waals surface area contributed by atoms with Gasteiger partial charge in [0.15, 0.2) is 6.10 Å². The predicted octanol–water partition coefficient (Wildman–Crippen LogP) is 15.1. The van der Waals surface area contributed by atoms with E-state index in [0.29, 0.717) is 6.42 Å². The highest BCUT2D eigenvalue weighted by Crippen LogP contribution is 2.43. The highest BCUT2D eigenvalue weighted by molar-refractivity contribution is 7.47. The van der Waals surface area contributed by atoms with Gasteiger partial charge in [-0.1, -0.05) is 218 Å². The van der Waals surface area contributed by atoms with Gasteiger partial charge in [0.05, 0.1) is 13.2 Å². The lowest BCUT2D eigenvalue weighted by molar-refractivity contribution is -0.161. The first-order valence-corrected chi connectivity index (χ1v) is 26.8. The largest absolute Gasteiger partial charge is 0.472 e. The van der Waals surface area contributed by atoms with E-state index >= 15 is 0 Å². The summed E-state index contributed by atoms with van der Waals surface area (Å²) in [6, 6.07) is 0. The molecule has 0 aliphatic rings. The average molecular weight is 870 g/mol. The van der Waals surface area contributed by atoms with Crippen LogP contribution >= 0.6 is 7.82 Å². The van der Waals surface area contributed by atoms with Crippen molar-refractivity contribution in [2.45, 2.75) is 258 Å². The minimum Gasteiger partial charge on any atom is -0.462 e. The van der Waals surface area contributed by atoms with E-state index in [-0.39, 0.29) is 38.6 Å². The van der Waals surface area contributed by atoms with E-state index in [4.69, 9.17) is 24.3 Å². The Hall–Kier alpha value is -1.51. The molecule has 0 radical (unpaired) electrons. The molecule has 2 atom stereocenters. The molecule has 2 unspecified atom stereocenters. The molecule has 0 fully saturated rings. The third kappa shape index (κ3) is 46.0. The highest BCUT2D eigenvalue weighted by Gasteiger charge is 2.26. The van der Waals surface area contributed by atoms with Crippen LogP contribution < -0.4 is 5.73 Å². The number of hydrogen-bond donors (Lipinski definition) is 2. The van der Waals surface area contributed by atoms with Crippen LogP contribution in [0.25, 0.3) is 0 Å². The SMILES string of the molecule is CCCCCCC/C=C\C/C=C\CCCCCCCCCCCCCCCC(=O)OC(COC(=O)CCCCCCCCCCCCCCCC)COP(=O)(O)OCCN. The lowest BCUT2D eigenvalue weighted by Crippen LogP contribution is -2.29. The summed E-state index contributed by atoms with van der Waals surface area (Å²) < 4.78 is 32.9. The zero-order valence-corrected chi connectivity index (χ0v) is 40.1. The first kappa shape index (κ1) is 58.5. The number of rotatable bonds is 48. The Morgan fingerprint density at radius 1 is 0.500 bits per heavy atom. The normalized spacial score (nSPS) is 13.3. The Labute approximate surface area is 370 Å². The van der Waals surface area contributed by atoms with Gasteiger partial charge in [-0.25, -0.2) is 4.57 Å². The second kappa shape index (κ2) is 47.0. The van der Waals surface area contributed by atoms with E-state index < -0.39 is 26.5 Å². The Kier molecular flexibility index (Phi) is 45.8. The van der Waals surface area contributed by atoms with Gasteiger partial charge in [0.2, 0.25) is 0 Å². The molecule has 0 saturated heterocycles. The third-order valence-electron chi connectivity index (χ3n) is 11.1. The van der Waals surface area contributed by atoms with Gasteiger partial charge in [0.25, 0.3) is 0 Å². The summed E-state index contributed by atoms with van der Waals surface area (Å²) in [7, 11) is -4.38. The molecule has 9 nitrogen and oxygen atoms in total. The molecule has 0 amide bonds. The first-order chi connectivity index (χ1) is 29.3. The van der Waals surface area contributed by atoms with Gasteiger partial charge in [-0.3, -0.25) is 18.6 Å². The number of allylic oxidation sites excluding steroid dienone is 4. The number of hydrogen-bond acceptors (Lipinski definition) is 8. The van der Waals surface area contributed by atoms with Crippen LogP contribution in [0.2, 0.25) is 0 Å². The van der Waals surface area contributed by atoms with Crippen LogP contribution in [-0.2, 0) is 32.7 Å². The lowest BCUT2D eigenvalue weighted by atomic mass is 10.0. The van der Waals surface area contributed by atoms with Gasteiger partial charge in [0, 0.05) is 19.4 Å². The van der Waals surface area contributed by atoms with Crippen LogP contribution in [0, 0.1) is 0 Å². The number of carbonyl (C=O) groups excluding carboxylic acids is 2. The molecule has 0 spiro atoms. The van der Waals surface area contributed by atoms with Crippen LogP contribution in [0.1, 0.15) is 251 Å². The van der Waals surface area contributed by atoms with Crippen molar-refractivity contribution in [1.29, 1.82) is 0 Å². The second-order valence-electron chi connectivity index (χ2n) is 17.0. The average Bonchev–Trinajstić information content (AvgIpc) is 3.24. The molecule has 0 aliphatic carbocycles. The third-order valence-corrected chi connectivity index (χ3v) is 12.1. The molecule has 0 rings (SSSR count). The Bertz CT molecular complexity index is 1040. The zero-order chi connectivity index (χ0) is 43.9. The molecule has 0 bridgehead atoms. The van der Waals surface area contributed by atoms with Crippen molar-refractivity contribution >= 4 is 19.8 Å². The number of esters is 2. The van der Waals surface area contributed by atoms with Crippen molar-refractivity contribution in [3.63, 3.8) is 0 Å². The number of phosphoric ester groups is 1. The van der Waals surface area contributed by atoms with Crippen molar-refractivity contribution in [2.75, 3.05) is 26.4 Å². The predicted molar refractivity (Wildman–Crippen MR) is 252 cm³/mol. The molecular formula is C50H96NO8P. The topological polar surface area (TPSA) is 134 Å². The maximum Gasteiger partial charge on any atom is 0.472 e. The van der Waals surface area contributed by atoms with Crippen LogP contribution in [0.3, 0.4) is 0 Å². The van der Waals surface area contributed by atoms with E-state index in [1.807, 2.05) is 0 Å². The smallest absolute Gasteiger partial charge is 0.462 e. The number of nitrogens with two attached hydrogens (primary N) is 1. The van der Waals surface area contributed by atoms with Crippen molar-refractivity contribution < 1.29 is 37.6 Å². The summed E-state index contributed by atoms with van der Waals surface area (Å²) in [4.78, 5) is 35.0. The number of unbranched alkanes of at least 4 members (excludes halogenated alkanes) is 31. The van der Waals surface area contributed by atoms with E-state index in [2.05, 4.69) is 38.2 Å². The molecule has 10 heteroatoms. The van der Waals surface area contributed by atoms with Crippen molar-refractivity contribution in [2.24, 2.45) is 5.73 Å². The molecule has 0 aromatic heterocycles. The maximum absolute atomic E-state index is 12.6. The van der Waals surface area contributed by atoms with Crippen molar-refractivity contribution in [3.05, 3.63) is 24.3 Å². The van der Waals surface area contributed by atoms with E-state index in [1.165, 1.54) is 173 Å². The fourth-order valence-corrected chi connectivity index (χ4v) is 8.08. The van der Waals surface area contributed by atoms with Gasteiger partial charge in [0.1, 0.15) is 6.61 Å². The van der Waals surface area contributed by atoms with Crippen molar-refractivity contribution in [1.82, 2.24) is 0 Å². The molecule has 354 valence electrons. The summed E-state index contributed by atoms with van der Waals surface area (Å²) in [6.45, 7) is 3.76. The summed E-state index contributed by atoms with van der Waals surface area (Å²) in [5, 5.41) is 0. The van der Waals surface area contributed by atoms with Crippen LogP contribution in [0.4, 0.5) is 0 Å². The standard InChI is InChI=1S/C50H96NO8P/c1-3-5-7-9-11-13-15-17-19-20-21-22-23-24-25-26-27-28-29-31-33-35-37-39-41-43-50(53)59-48(47-58-60(54,55)57-45-44-51)46-56-49(52)42-40-38-36-34-32-30-18-16-14-12-10-8-6-4-2/h15,17,20-21,48H,3-14,16,18-19,22-47,51H2,1-2H3,(H,54,55)/b17-15-,21-20-. The lowest BCUT2D eigenvalue weighted by Gasteiger charge is -2.19. The van der Waals surface area contributed by atoms with Gasteiger partial charge in [-0.15, -0.1) is 0 Å². The van der Waals surface area contributed by atoms with Crippen LogP contribution in [0.15, 0.2) is 24.3 Å². The number of ether oxygens (including phenoxy) is 2. The quantitative estimate of drug-likeness (QED) is 0.0265. The minimum atomic E-state index is -4.38. The fourth-order valence-electron chi connectivity index (χ4n) is 7.31. The van der Waals surface area contributed by atoms with E-state index in [1.54, 1.807) is 0 Å². The Morgan fingerprint density at radius 2 is 0.867 bits per heavy atom. The van der Waals surface area contributed by atoms with Crippen molar-refractivity contribution in [3.8, 4) is 0 Å². The van der Waals surface area contributed by atoms with Crippen LogP contribution in [-0.4, -0.2) is 49.3 Å². The first-order valence-electron chi connectivity index (χ1n) is 25.3. The Balaban J connectivity index is 3.99. The van der Waals surface area contributed by atoms with Gasteiger partial charge in [-0.05, 0) is 44.9 Å². The summed E-state index contributed by atoms with van der Waals surface area (Å²) in [5.74, 6) is -0.816. The fraction of sp³-hybridized carbons (Fsp3) is 0.880. The maximum atomic E-state index is 12.6. The molecule has 0 saturated carbocycles. The highest BCUT2D eigenvalue weighted by atomic mass is 31.2. The van der Waals surface area contributed by atoms with Gasteiger partial charge >= 0.3 is 19.8 Å².